The molecule has 1 N–H and O–H groups in total. The van der Waals surface area contributed by atoms with Crippen molar-refractivity contribution in [2.24, 2.45) is 0 Å². The van der Waals surface area contributed by atoms with E-state index in [1.54, 1.807) is 18.3 Å². The highest BCUT2D eigenvalue weighted by Gasteiger charge is 2.20. The lowest BCUT2D eigenvalue weighted by molar-refractivity contribution is 0.208. The summed E-state index contributed by atoms with van der Waals surface area (Å²) in [6, 6.07) is 9.07. The van der Waals surface area contributed by atoms with Gasteiger partial charge in [-0.05, 0) is 50.1 Å². The lowest BCUT2D eigenvalue weighted by Gasteiger charge is -2.33. The van der Waals surface area contributed by atoms with E-state index in [4.69, 9.17) is 0 Å². The molecule has 4 nitrogen and oxygen atoms in total. The molecule has 1 aliphatic heterocycles. The smallest absolute Gasteiger partial charge is 0.223 e. The number of hydrogen-bond acceptors (Lipinski definition) is 4. The molecule has 1 fully saturated rings. The van der Waals surface area contributed by atoms with Crippen LogP contribution in [0.5, 0.6) is 0 Å². The summed E-state index contributed by atoms with van der Waals surface area (Å²) in [6.45, 7) is 4.71. The number of likely N-dealkylation sites (tertiary alicyclic amines) is 1. The van der Waals surface area contributed by atoms with Crippen molar-refractivity contribution in [1.29, 1.82) is 0 Å². The largest absolute Gasteiger partial charge is 0.350 e. The number of anilines is 1. The van der Waals surface area contributed by atoms with Crippen molar-refractivity contribution < 1.29 is 4.39 Å². The molecule has 2 aromatic rings. The normalized spacial score (nSPS) is 19.1. The summed E-state index contributed by atoms with van der Waals surface area (Å²) in [5, 5.41) is 3.41. The number of nitrogens with zero attached hydrogens (tertiary/aromatic N) is 3. The molecular weight excluding hydrogens is 279 g/mol. The van der Waals surface area contributed by atoms with Crippen LogP contribution in [-0.2, 0) is 6.54 Å². The molecule has 1 unspecified atom stereocenters. The molecule has 0 radical (unpaired) electrons. The van der Waals surface area contributed by atoms with Gasteiger partial charge < -0.3 is 5.32 Å². The zero-order valence-electron chi connectivity index (χ0n) is 12.8. The standard InChI is InChI=1S/C17H21FN4/c1-13-7-8-19-17(20-13)21-16-6-3-9-22(12-16)11-14-4-2-5-15(18)10-14/h2,4-5,7-8,10,16H,3,6,9,11-12H2,1H3,(H,19,20,21). The number of piperidine rings is 1. The molecule has 1 atom stereocenters. The molecule has 1 aliphatic rings. The molecule has 116 valence electrons. The number of hydrogen-bond donors (Lipinski definition) is 1. The summed E-state index contributed by atoms with van der Waals surface area (Å²) in [7, 11) is 0. The quantitative estimate of drug-likeness (QED) is 0.942. The van der Waals surface area contributed by atoms with Crippen molar-refractivity contribution in [3.05, 3.63) is 53.6 Å². The van der Waals surface area contributed by atoms with E-state index in [1.807, 2.05) is 19.1 Å². The van der Waals surface area contributed by atoms with E-state index in [0.717, 1.165) is 43.7 Å². The number of nitrogens with one attached hydrogen (secondary N) is 1. The van der Waals surface area contributed by atoms with Gasteiger partial charge in [-0.1, -0.05) is 12.1 Å². The third kappa shape index (κ3) is 4.01. The van der Waals surface area contributed by atoms with Crippen LogP contribution in [-0.4, -0.2) is 34.0 Å². The SMILES string of the molecule is Cc1ccnc(NC2CCCN(Cc3cccc(F)c3)C2)n1. The second-order valence-corrected chi connectivity index (χ2v) is 5.87. The second kappa shape index (κ2) is 6.83. The minimum Gasteiger partial charge on any atom is -0.350 e. The number of aromatic nitrogens is 2. The highest BCUT2D eigenvalue weighted by atomic mass is 19.1. The second-order valence-electron chi connectivity index (χ2n) is 5.87. The molecule has 2 heterocycles. The molecule has 0 bridgehead atoms. The fourth-order valence-corrected chi connectivity index (χ4v) is 2.91. The van der Waals surface area contributed by atoms with E-state index in [-0.39, 0.29) is 5.82 Å². The molecule has 22 heavy (non-hydrogen) atoms. The summed E-state index contributed by atoms with van der Waals surface area (Å²) in [4.78, 5) is 11.0. The maximum absolute atomic E-state index is 13.3. The Morgan fingerprint density at radius 2 is 2.27 bits per heavy atom. The average Bonchev–Trinajstić information content (AvgIpc) is 2.47. The summed E-state index contributed by atoms with van der Waals surface area (Å²) >= 11 is 0. The van der Waals surface area contributed by atoms with E-state index in [1.165, 1.54) is 6.07 Å². The molecule has 0 spiro atoms. The zero-order valence-corrected chi connectivity index (χ0v) is 12.8. The number of benzene rings is 1. The minimum absolute atomic E-state index is 0.169. The van der Waals surface area contributed by atoms with Crippen LogP contribution in [0.15, 0.2) is 36.5 Å². The van der Waals surface area contributed by atoms with Crippen molar-refractivity contribution in [2.75, 3.05) is 18.4 Å². The molecule has 0 aliphatic carbocycles. The van der Waals surface area contributed by atoms with Gasteiger partial charge in [-0.25, -0.2) is 14.4 Å². The first-order valence-electron chi connectivity index (χ1n) is 7.72. The van der Waals surface area contributed by atoms with Gasteiger partial charge >= 0.3 is 0 Å². The van der Waals surface area contributed by atoms with Gasteiger partial charge in [0.05, 0.1) is 0 Å². The van der Waals surface area contributed by atoms with Crippen molar-refractivity contribution in [3.63, 3.8) is 0 Å². The van der Waals surface area contributed by atoms with Crippen molar-refractivity contribution in [2.45, 2.75) is 32.4 Å². The Kier molecular flexibility index (Phi) is 4.63. The summed E-state index contributed by atoms with van der Waals surface area (Å²) in [5.74, 6) is 0.523. The van der Waals surface area contributed by atoms with Crippen LogP contribution in [0.25, 0.3) is 0 Å². The van der Waals surface area contributed by atoms with Crippen molar-refractivity contribution in [1.82, 2.24) is 14.9 Å². The fraction of sp³-hybridized carbons (Fsp3) is 0.412. The highest BCUT2D eigenvalue weighted by molar-refractivity contribution is 5.27. The summed E-state index contributed by atoms with van der Waals surface area (Å²) in [6.07, 6.45) is 4.01. The third-order valence-corrected chi connectivity index (χ3v) is 3.93. The van der Waals surface area contributed by atoms with E-state index in [0.29, 0.717) is 12.0 Å². The summed E-state index contributed by atoms with van der Waals surface area (Å²) < 4.78 is 13.3. The molecule has 0 amide bonds. The highest BCUT2D eigenvalue weighted by Crippen LogP contribution is 2.16. The van der Waals surface area contributed by atoms with Crippen LogP contribution in [0.2, 0.25) is 0 Å². The Morgan fingerprint density at radius 3 is 3.09 bits per heavy atom. The Balaban J connectivity index is 1.59. The topological polar surface area (TPSA) is 41.1 Å². The monoisotopic (exact) mass is 300 g/mol. The van der Waals surface area contributed by atoms with Crippen molar-refractivity contribution in [3.8, 4) is 0 Å². The van der Waals surface area contributed by atoms with E-state index >= 15 is 0 Å². The predicted octanol–water partition coefficient (Wildman–Crippen LogP) is 3.00. The first kappa shape index (κ1) is 14.9. The Hall–Kier alpha value is -2.01. The first-order chi connectivity index (χ1) is 10.7. The van der Waals surface area contributed by atoms with E-state index < -0.39 is 0 Å². The summed E-state index contributed by atoms with van der Waals surface area (Å²) in [5.41, 5.74) is 1.98. The van der Waals surface area contributed by atoms with Gasteiger partial charge in [-0.3, -0.25) is 4.90 Å². The van der Waals surface area contributed by atoms with Crippen LogP contribution in [0.4, 0.5) is 10.3 Å². The minimum atomic E-state index is -0.169. The molecule has 1 aromatic carbocycles. The van der Waals surface area contributed by atoms with E-state index in [9.17, 15) is 4.39 Å². The van der Waals surface area contributed by atoms with Gasteiger partial charge in [-0.2, -0.15) is 0 Å². The molecular formula is C17H21FN4. The van der Waals surface area contributed by atoms with E-state index in [2.05, 4.69) is 20.2 Å². The van der Waals surface area contributed by atoms with Crippen LogP contribution >= 0.6 is 0 Å². The zero-order chi connectivity index (χ0) is 15.4. The fourth-order valence-electron chi connectivity index (χ4n) is 2.91. The van der Waals surface area contributed by atoms with Gasteiger partial charge in [0.25, 0.3) is 0 Å². The maximum atomic E-state index is 13.3. The number of aryl methyl sites for hydroxylation is 1. The van der Waals surface area contributed by atoms with Crippen LogP contribution in [0.1, 0.15) is 24.1 Å². The predicted molar refractivity (Wildman–Crippen MR) is 85.1 cm³/mol. The van der Waals surface area contributed by atoms with Gasteiger partial charge in [0.15, 0.2) is 0 Å². The molecule has 5 heteroatoms. The maximum Gasteiger partial charge on any atom is 0.223 e. The molecule has 1 saturated heterocycles. The Labute approximate surface area is 130 Å². The average molecular weight is 300 g/mol. The Bertz CT molecular complexity index is 578. The van der Waals surface area contributed by atoms with Gasteiger partial charge in [0.1, 0.15) is 5.82 Å². The van der Waals surface area contributed by atoms with Gasteiger partial charge in [-0.15, -0.1) is 0 Å². The third-order valence-electron chi connectivity index (χ3n) is 3.93. The lowest BCUT2D eigenvalue weighted by atomic mass is 10.0. The Morgan fingerprint density at radius 1 is 1.36 bits per heavy atom. The molecule has 0 saturated carbocycles. The van der Waals surface area contributed by atoms with Crippen molar-refractivity contribution >= 4 is 5.95 Å². The van der Waals surface area contributed by atoms with Gasteiger partial charge in [0.2, 0.25) is 5.95 Å². The lowest BCUT2D eigenvalue weighted by Crippen LogP contribution is -2.41. The van der Waals surface area contributed by atoms with Crippen LogP contribution < -0.4 is 5.32 Å². The molecule has 3 rings (SSSR count). The number of halogens is 1. The van der Waals surface area contributed by atoms with Gasteiger partial charge in [0, 0.05) is 31.0 Å². The van der Waals surface area contributed by atoms with Crippen LogP contribution in [0, 0.1) is 12.7 Å². The number of rotatable bonds is 4. The molecule has 1 aromatic heterocycles. The first-order valence-corrected chi connectivity index (χ1v) is 7.72. The van der Waals surface area contributed by atoms with Crippen LogP contribution in [0.3, 0.4) is 0 Å².